The molecule has 0 aliphatic heterocycles. The molecule has 2 nitrogen and oxygen atoms in total. The summed E-state index contributed by atoms with van der Waals surface area (Å²) in [5.74, 6) is 0.752. The summed E-state index contributed by atoms with van der Waals surface area (Å²) in [5, 5.41) is 0. The predicted octanol–water partition coefficient (Wildman–Crippen LogP) is 2.77. The van der Waals surface area contributed by atoms with Crippen molar-refractivity contribution in [1.29, 1.82) is 0 Å². The van der Waals surface area contributed by atoms with Crippen molar-refractivity contribution >= 4 is 15.9 Å². The molecule has 0 aromatic carbocycles. The molecule has 0 fully saturated rings. The van der Waals surface area contributed by atoms with Crippen LogP contribution in [-0.2, 0) is 6.54 Å². The summed E-state index contributed by atoms with van der Waals surface area (Å²) in [7, 11) is 0. The van der Waals surface area contributed by atoms with Crippen molar-refractivity contribution < 1.29 is 4.42 Å². The van der Waals surface area contributed by atoms with E-state index in [0.29, 0.717) is 11.2 Å². The van der Waals surface area contributed by atoms with Crippen LogP contribution in [0.4, 0.5) is 0 Å². The molecule has 52 valence electrons. The van der Waals surface area contributed by atoms with E-state index >= 15 is 0 Å². The van der Waals surface area contributed by atoms with Crippen LogP contribution in [0.25, 0.3) is 4.85 Å². The molecule has 0 atom stereocenters. The van der Waals surface area contributed by atoms with E-state index in [0.717, 1.165) is 11.3 Å². The molecule has 0 saturated heterocycles. The topological polar surface area (TPSA) is 17.5 Å². The van der Waals surface area contributed by atoms with E-state index in [4.69, 9.17) is 11.0 Å². The van der Waals surface area contributed by atoms with E-state index in [-0.39, 0.29) is 0 Å². The standard InChI is InChI=1S/C7H6BrNO/c1-5-3-7(8)10-6(5)4-9-2/h3H,4H2,1H3. The van der Waals surface area contributed by atoms with Crippen LogP contribution >= 0.6 is 15.9 Å². The Kier molecular flexibility index (Phi) is 2.13. The van der Waals surface area contributed by atoms with Gasteiger partial charge in [0.25, 0.3) is 6.54 Å². The van der Waals surface area contributed by atoms with Crippen LogP contribution in [0.5, 0.6) is 0 Å². The Hall–Kier alpha value is -0.750. The molecule has 0 spiro atoms. The summed E-state index contributed by atoms with van der Waals surface area (Å²) in [6.07, 6.45) is 0. The maximum atomic E-state index is 6.60. The fraction of sp³-hybridized carbons (Fsp3) is 0.286. The zero-order valence-corrected chi connectivity index (χ0v) is 7.10. The third-order valence-electron chi connectivity index (χ3n) is 1.21. The molecular weight excluding hydrogens is 194 g/mol. The molecule has 0 radical (unpaired) electrons. The van der Waals surface area contributed by atoms with Gasteiger partial charge in [-0.1, -0.05) is 0 Å². The molecule has 10 heavy (non-hydrogen) atoms. The Labute approximate surface area is 67.8 Å². The zero-order valence-electron chi connectivity index (χ0n) is 5.52. The summed E-state index contributed by atoms with van der Waals surface area (Å²) in [4.78, 5) is 3.22. The highest BCUT2D eigenvalue weighted by Gasteiger charge is 2.06. The van der Waals surface area contributed by atoms with Crippen molar-refractivity contribution in [3.05, 3.63) is 33.5 Å². The Morgan fingerprint density at radius 3 is 2.90 bits per heavy atom. The van der Waals surface area contributed by atoms with Crippen LogP contribution in [-0.4, -0.2) is 0 Å². The number of hydrogen-bond donors (Lipinski definition) is 0. The SMILES string of the molecule is [C-]#[N+]Cc1oc(Br)cc1C. The first kappa shape index (κ1) is 7.36. The first-order valence-electron chi connectivity index (χ1n) is 2.82. The fourth-order valence-electron chi connectivity index (χ4n) is 0.707. The molecule has 1 aromatic rings. The number of rotatable bonds is 1. The lowest BCUT2D eigenvalue weighted by atomic mass is 10.3. The summed E-state index contributed by atoms with van der Waals surface area (Å²) in [6, 6.07) is 1.86. The van der Waals surface area contributed by atoms with Crippen LogP contribution in [0.3, 0.4) is 0 Å². The van der Waals surface area contributed by atoms with Crippen molar-refractivity contribution in [2.24, 2.45) is 0 Å². The lowest BCUT2D eigenvalue weighted by molar-refractivity contribution is 0.497. The van der Waals surface area contributed by atoms with Crippen LogP contribution in [0, 0.1) is 13.5 Å². The second-order valence-electron chi connectivity index (χ2n) is 1.97. The van der Waals surface area contributed by atoms with Gasteiger partial charge in [0.1, 0.15) is 0 Å². The summed E-state index contributed by atoms with van der Waals surface area (Å²) in [6.45, 7) is 8.85. The molecule has 1 heterocycles. The van der Waals surface area contributed by atoms with Gasteiger partial charge in [-0.15, -0.1) is 0 Å². The monoisotopic (exact) mass is 199 g/mol. The van der Waals surface area contributed by atoms with E-state index in [1.165, 1.54) is 0 Å². The van der Waals surface area contributed by atoms with Gasteiger partial charge in [-0.25, -0.2) is 6.57 Å². The molecule has 0 aliphatic rings. The highest BCUT2D eigenvalue weighted by atomic mass is 79.9. The quantitative estimate of drug-likeness (QED) is 0.637. The Balaban J connectivity index is 2.94. The highest BCUT2D eigenvalue weighted by Crippen LogP contribution is 2.19. The van der Waals surface area contributed by atoms with Crippen molar-refractivity contribution in [1.82, 2.24) is 0 Å². The third kappa shape index (κ3) is 1.39. The minimum atomic E-state index is 0.331. The van der Waals surface area contributed by atoms with Crippen molar-refractivity contribution in [3.63, 3.8) is 0 Å². The Morgan fingerprint density at radius 2 is 2.50 bits per heavy atom. The molecule has 1 rings (SSSR count). The maximum Gasteiger partial charge on any atom is 0.271 e. The van der Waals surface area contributed by atoms with Gasteiger partial charge in [0, 0.05) is 0 Å². The summed E-state index contributed by atoms with van der Waals surface area (Å²) >= 11 is 3.18. The van der Waals surface area contributed by atoms with Gasteiger partial charge in [-0.2, -0.15) is 0 Å². The van der Waals surface area contributed by atoms with E-state index in [9.17, 15) is 0 Å². The van der Waals surface area contributed by atoms with E-state index in [1.54, 1.807) is 0 Å². The van der Waals surface area contributed by atoms with Crippen molar-refractivity contribution in [2.75, 3.05) is 0 Å². The molecule has 1 aromatic heterocycles. The highest BCUT2D eigenvalue weighted by molar-refractivity contribution is 9.10. The van der Waals surface area contributed by atoms with E-state index < -0.39 is 0 Å². The van der Waals surface area contributed by atoms with E-state index in [2.05, 4.69) is 20.8 Å². The predicted molar refractivity (Wildman–Crippen MR) is 41.5 cm³/mol. The largest absolute Gasteiger partial charge is 0.446 e. The Bertz CT molecular complexity index is 272. The zero-order chi connectivity index (χ0) is 7.56. The second-order valence-corrected chi connectivity index (χ2v) is 2.75. The minimum absolute atomic E-state index is 0.331. The van der Waals surface area contributed by atoms with Gasteiger partial charge in [0.05, 0.1) is 0 Å². The fourth-order valence-corrected chi connectivity index (χ4v) is 1.25. The Morgan fingerprint density at radius 1 is 1.80 bits per heavy atom. The van der Waals surface area contributed by atoms with Crippen molar-refractivity contribution in [3.8, 4) is 0 Å². The first-order valence-corrected chi connectivity index (χ1v) is 3.61. The lowest BCUT2D eigenvalue weighted by Crippen LogP contribution is -1.75. The molecule has 0 bridgehead atoms. The smallest absolute Gasteiger partial charge is 0.271 e. The minimum Gasteiger partial charge on any atom is -0.446 e. The van der Waals surface area contributed by atoms with Gasteiger partial charge in [0.15, 0.2) is 10.4 Å². The first-order chi connectivity index (χ1) is 4.74. The number of halogens is 1. The number of aryl methyl sites for hydroxylation is 1. The van der Waals surface area contributed by atoms with Crippen LogP contribution in [0.1, 0.15) is 11.3 Å². The number of nitrogens with zero attached hydrogens (tertiary/aromatic N) is 1. The second kappa shape index (κ2) is 2.89. The molecule has 0 unspecified atom stereocenters. The van der Waals surface area contributed by atoms with Crippen LogP contribution in [0.15, 0.2) is 15.2 Å². The maximum absolute atomic E-state index is 6.60. The van der Waals surface area contributed by atoms with E-state index in [1.807, 2.05) is 13.0 Å². The normalized spacial score (nSPS) is 9.30. The van der Waals surface area contributed by atoms with Gasteiger partial charge < -0.3 is 9.26 Å². The number of furan rings is 1. The number of hydrogen-bond acceptors (Lipinski definition) is 1. The molecule has 0 aliphatic carbocycles. The van der Waals surface area contributed by atoms with Crippen LogP contribution in [0.2, 0.25) is 0 Å². The molecular formula is C7H6BrNO. The summed E-state index contributed by atoms with van der Waals surface area (Å²) in [5.41, 5.74) is 1.03. The summed E-state index contributed by atoms with van der Waals surface area (Å²) < 4.78 is 5.86. The molecule has 3 heteroatoms. The molecule has 0 amide bonds. The van der Waals surface area contributed by atoms with Crippen LogP contribution < -0.4 is 0 Å². The molecule has 0 N–H and O–H groups in total. The van der Waals surface area contributed by atoms with Crippen molar-refractivity contribution in [2.45, 2.75) is 13.5 Å². The van der Waals surface area contributed by atoms with Gasteiger partial charge in [-0.05, 0) is 34.5 Å². The van der Waals surface area contributed by atoms with Gasteiger partial charge in [0.2, 0.25) is 0 Å². The third-order valence-corrected chi connectivity index (χ3v) is 1.60. The average molecular weight is 200 g/mol. The van der Waals surface area contributed by atoms with Gasteiger partial charge >= 0.3 is 0 Å². The lowest BCUT2D eigenvalue weighted by Gasteiger charge is -1.83. The molecule has 0 saturated carbocycles. The average Bonchev–Trinajstić information content (AvgIpc) is 2.13. The van der Waals surface area contributed by atoms with Gasteiger partial charge in [-0.3, -0.25) is 0 Å².